The molecule has 1 atom stereocenters. The highest BCUT2D eigenvalue weighted by atomic mass is 19.4. The number of nitrogens with two attached hydrogens (primary N) is 1. The van der Waals surface area contributed by atoms with E-state index in [2.05, 4.69) is 5.32 Å². The number of halogens is 4. The second-order valence-electron chi connectivity index (χ2n) is 5.73. The van der Waals surface area contributed by atoms with Gasteiger partial charge in [0.05, 0.1) is 12.0 Å². The fourth-order valence-electron chi connectivity index (χ4n) is 2.37. The standard InChI is InChI=1S/C18H16F4N2O2/c19-14-3-1-2-12(8-14)10-16(25)24-15(17(23)26)9-11-4-6-13(7-5-11)18(20,21)22/h1-8,15H,9-10H2,(H2,23,26)(H,24,25)/t15-/m1/s1. The fourth-order valence-corrected chi connectivity index (χ4v) is 2.37. The summed E-state index contributed by atoms with van der Waals surface area (Å²) in [6, 6.07) is 8.56. The van der Waals surface area contributed by atoms with Crippen LogP contribution in [0.2, 0.25) is 0 Å². The molecular formula is C18H16F4N2O2. The molecule has 0 aliphatic rings. The molecule has 2 amide bonds. The number of benzene rings is 2. The van der Waals surface area contributed by atoms with E-state index in [-0.39, 0.29) is 12.8 Å². The average molecular weight is 368 g/mol. The van der Waals surface area contributed by atoms with Crippen molar-refractivity contribution in [1.82, 2.24) is 5.32 Å². The summed E-state index contributed by atoms with van der Waals surface area (Å²) in [6.45, 7) is 0. The third kappa shape index (κ3) is 5.58. The topological polar surface area (TPSA) is 72.2 Å². The molecule has 2 aromatic carbocycles. The van der Waals surface area contributed by atoms with E-state index in [9.17, 15) is 27.2 Å². The minimum absolute atomic E-state index is 0.0532. The van der Waals surface area contributed by atoms with Crippen molar-refractivity contribution in [3.8, 4) is 0 Å². The Kier molecular flexibility index (Phi) is 5.97. The molecule has 0 aliphatic heterocycles. The monoisotopic (exact) mass is 368 g/mol. The summed E-state index contributed by atoms with van der Waals surface area (Å²) in [6.07, 6.45) is -4.67. The lowest BCUT2D eigenvalue weighted by molar-refractivity contribution is -0.137. The Labute approximate surface area is 147 Å². The van der Waals surface area contributed by atoms with Gasteiger partial charge in [-0.2, -0.15) is 13.2 Å². The number of amides is 2. The molecule has 0 spiro atoms. The second kappa shape index (κ2) is 7.99. The number of hydrogen-bond acceptors (Lipinski definition) is 2. The summed E-state index contributed by atoms with van der Waals surface area (Å²) in [5.41, 5.74) is 5.27. The maximum atomic E-state index is 13.1. The number of carbonyl (C=O) groups is 2. The van der Waals surface area contributed by atoms with Gasteiger partial charge < -0.3 is 11.1 Å². The van der Waals surface area contributed by atoms with E-state index >= 15 is 0 Å². The van der Waals surface area contributed by atoms with E-state index in [1.807, 2.05) is 0 Å². The van der Waals surface area contributed by atoms with E-state index in [1.54, 1.807) is 6.07 Å². The van der Waals surface area contributed by atoms with Gasteiger partial charge in [-0.1, -0.05) is 24.3 Å². The van der Waals surface area contributed by atoms with Gasteiger partial charge in [0.15, 0.2) is 0 Å². The van der Waals surface area contributed by atoms with Crippen LogP contribution in [0.15, 0.2) is 48.5 Å². The van der Waals surface area contributed by atoms with E-state index in [1.165, 1.54) is 30.3 Å². The third-order valence-corrected chi connectivity index (χ3v) is 3.65. The van der Waals surface area contributed by atoms with Gasteiger partial charge in [0, 0.05) is 6.42 Å². The Bertz CT molecular complexity index is 789. The van der Waals surface area contributed by atoms with Crippen LogP contribution in [-0.2, 0) is 28.6 Å². The zero-order valence-corrected chi connectivity index (χ0v) is 13.5. The minimum Gasteiger partial charge on any atom is -0.368 e. The minimum atomic E-state index is -4.46. The van der Waals surface area contributed by atoms with E-state index < -0.39 is 35.4 Å². The molecule has 0 saturated carbocycles. The number of alkyl halides is 3. The molecular weight excluding hydrogens is 352 g/mol. The molecule has 0 radical (unpaired) electrons. The Morgan fingerprint density at radius 3 is 2.23 bits per heavy atom. The quantitative estimate of drug-likeness (QED) is 0.770. The highest BCUT2D eigenvalue weighted by molar-refractivity contribution is 5.87. The maximum absolute atomic E-state index is 13.1. The summed E-state index contributed by atoms with van der Waals surface area (Å²) < 4.78 is 50.8. The summed E-state index contributed by atoms with van der Waals surface area (Å²) >= 11 is 0. The van der Waals surface area contributed by atoms with Gasteiger partial charge in [-0.05, 0) is 35.4 Å². The van der Waals surface area contributed by atoms with Gasteiger partial charge in [-0.25, -0.2) is 4.39 Å². The van der Waals surface area contributed by atoms with Crippen LogP contribution in [0.4, 0.5) is 17.6 Å². The van der Waals surface area contributed by atoms with Crippen molar-refractivity contribution >= 4 is 11.8 Å². The predicted molar refractivity (Wildman–Crippen MR) is 86.4 cm³/mol. The Hall–Kier alpha value is -2.90. The largest absolute Gasteiger partial charge is 0.416 e. The van der Waals surface area contributed by atoms with Crippen LogP contribution >= 0.6 is 0 Å². The molecule has 3 N–H and O–H groups in total. The SMILES string of the molecule is NC(=O)[C@@H](Cc1ccc(C(F)(F)F)cc1)NC(=O)Cc1cccc(F)c1. The van der Waals surface area contributed by atoms with Crippen molar-refractivity contribution < 1.29 is 27.2 Å². The number of rotatable bonds is 6. The summed E-state index contributed by atoms with van der Waals surface area (Å²) in [5.74, 6) is -1.87. The van der Waals surface area contributed by atoms with E-state index in [0.29, 0.717) is 11.1 Å². The van der Waals surface area contributed by atoms with Crippen molar-refractivity contribution in [2.75, 3.05) is 0 Å². The van der Waals surface area contributed by atoms with Crippen molar-refractivity contribution in [3.63, 3.8) is 0 Å². The van der Waals surface area contributed by atoms with Crippen LogP contribution in [0.25, 0.3) is 0 Å². The number of nitrogens with one attached hydrogen (secondary N) is 1. The van der Waals surface area contributed by atoms with Gasteiger partial charge in [-0.15, -0.1) is 0 Å². The van der Waals surface area contributed by atoms with Gasteiger partial charge in [0.1, 0.15) is 11.9 Å². The van der Waals surface area contributed by atoms with Crippen LogP contribution in [-0.4, -0.2) is 17.9 Å². The summed E-state index contributed by atoms with van der Waals surface area (Å²) in [7, 11) is 0. The molecule has 4 nitrogen and oxygen atoms in total. The maximum Gasteiger partial charge on any atom is 0.416 e. The first-order valence-electron chi connectivity index (χ1n) is 7.64. The Morgan fingerprint density at radius 2 is 1.69 bits per heavy atom. The lowest BCUT2D eigenvalue weighted by Crippen LogP contribution is -2.46. The second-order valence-corrected chi connectivity index (χ2v) is 5.73. The molecule has 0 heterocycles. The zero-order chi connectivity index (χ0) is 19.3. The van der Waals surface area contributed by atoms with Gasteiger partial charge >= 0.3 is 6.18 Å². The smallest absolute Gasteiger partial charge is 0.368 e. The zero-order valence-electron chi connectivity index (χ0n) is 13.5. The lowest BCUT2D eigenvalue weighted by Gasteiger charge is -2.16. The normalized spacial score (nSPS) is 12.5. The first kappa shape index (κ1) is 19.4. The van der Waals surface area contributed by atoms with Crippen molar-refractivity contribution in [2.24, 2.45) is 5.73 Å². The summed E-state index contributed by atoms with van der Waals surface area (Å²) in [4.78, 5) is 23.6. The molecule has 0 bridgehead atoms. The molecule has 26 heavy (non-hydrogen) atoms. The molecule has 2 rings (SSSR count). The van der Waals surface area contributed by atoms with E-state index in [0.717, 1.165) is 12.1 Å². The van der Waals surface area contributed by atoms with Gasteiger partial charge in [-0.3, -0.25) is 9.59 Å². The van der Waals surface area contributed by atoms with Crippen LogP contribution in [0, 0.1) is 5.82 Å². The highest BCUT2D eigenvalue weighted by Gasteiger charge is 2.30. The molecule has 0 fully saturated rings. The van der Waals surface area contributed by atoms with Crippen molar-refractivity contribution in [2.45, 2.75) is 25.1 Å². The van der Waals surface area contributed by atoms with E-state index in [4.69, 9.17) is 5.73 Å². The first-order chi connectivity index (χ1) is 12.1. The number of hydrogen-bond donors (Lipinski definition) is 2. The average Bonchev–Trinajstić information content (AvgIpc) is 2.53. The Morgan fingerprint density at radius 1 is 1.04 bits per heavy atom. The molecule has 0 aliphatic carbocycles. The molecule has 2 aromatic rings. The lowest BCUT2D eigenvalue weighted by atomic mass is 10.0. The van der Waals surface area contributed by atoms with Crippen LogP contribution in [0.3, 0.4) is 0 Å². The highest BCUT2D eigenvalue weighted by Crippen LogP contribution is 2.29. The van der Waals surface area contributed by atoms with Crippen molar-refractivity contribution in [1.29, 1.82) is 0 Å². The number of primary amides is 1. The molecule has 138 valence electrons. The number of carbonyl (C=O) groups excluding carboxylic acids is 2. The molecule has 0 saturated heterocycles. The molecule has 8 heteroatoms. The fraction of sp³-hybridized carbons (Fsp3) is 0.222. The van der Waals surface area contributed by atoms with Gasteiger partial charge in [0.25, 0.3) is 0 Å². The van der Waals surface area contributed by atoms with Crippen LogP contribution in [0.1, 0.15) is 16.7 Å². The Balaban J connectivity index is 2.02. The van der Waals surface area contributed by atoms with Gasteiger partial charge in [0.2, 0.25) is 11.8 Å². The first-order valence-corrected chi connectivity index (χ1v) is 7.64. The predicted octanol–water partition coefficient (Wildman–Crippen LogP) is 2.60. The van der Waals surface area contributed by atoms with Crippen LogP contribution < -0.4 is 11.1 Å². The summed E-state index contributed by atoms with van der Waals surface area (Å²) in [5, 5.41) is 2.42. The van der Waals surface area contributed by atoms with Crippen LogP contribution in [0.5, 0.6) is 0 Å². The third-order valence-electron chi connectivity index (χ3n) is 3.65. The molecule has 0 unspecified atom stereocenters. The molecule has 0 aromatic heterocycles. The van der Waals surface area contributed by atoms with Crippen molar-refractivity contribution in [3.05, 3.63) is 71.0 Å².